The van der Waals surface area contributed by atoms with Gasteiger partial charge in [-0.15, -0.1) is 0 Å². The number of carboxylic acid groups (broad SMARTS) is 1. The molecule has 1 aromatic rings. The summed E-state index contributed by atoms with van der Waals surface area (Å²) in [6.07, 6.45) is 3.64. The van der Waals surface area contributed by atoms with Gasteiger partial charge in [-0.25, -0.2) is 0 Å². The summed E-state index contributed by atoms with van der Waals surface area (Å²) in [7, 11) is 0. The Morgan fingerprint density at radius 1 is 1.43 bits per heavy atom. The molecule has 0 aromatic heterocycles. The van der Waals surface area contributed by atoms with Gasteiger partial charge in [-0.1, -0.05) is 38.0 Å². The Kier molecular flexibility index (Phi) is 5.37. The van der Waals surface area contributed by atoms with Crippen LogP contribution in [0.1, 0.15) is 49.8 Å². The smallest absolute Gasteiger partial charge is 0.323 e. The molecule has 4 nitrogen and oxygen atoms in total. The maximum Gasteiger partial charge on any atom is 0.323 e. The second kappa shape index (κ2) is 7.05. The first-order valence-electron chi connectivity index (χ1n) is 7.85. The van der Waals surface area contributed by atoms with Crippen molar-refractivity contribution < 1.29 is 9.90 Å². The van der Waals surface area contributed by atoms with Gasteiger partial charge in [-0.3, -0.25) is 10.1 Å². The van der Waals surface area contributed by atoms with E-state index >= 15 is 0 Å². The van der Waals surface area contributed by atoms with Gasteiger partial charge in [0.15, 0.2) is 0 Å². The van der Waals surface area contributed by atoms with Crippen molar-refractivity contribution in [1.82, 2.24) is 10.6 Å². The van der Waals surface area contributed by atoms with E-state index in [0.717, 1.165) is 32.4 Å². The lowest BCUT2D eigenvalue weighted by Crippen LogP contribution is -2.49. The van der Waals surface area contributed by atoms with Crippen molar-refractivity contribution in [2.24, 2.45) is 0 Å². The predicted molar refractivity (Wildman–Crippen MR) is 84.3 cm³/mol. The second-order valence-electron chi connectivity index (χ2n) is 6.12. The highest BCUT2D eigenvalue weighted by atomic mass is 16.4. The summed E-state index contributed by atoms with van der Waals surface area (Å²) in [6.45, 7) is 6.43. The molecule has 0 amide bonds. The fraction of sp³-hybridized carbons (Fsp3) is 0.588. The van der Waals surface area contributed by atoms with Crippen LogP contribution in [0, 0.1) is 0 Å². The Morgan fingerprint density at radius 2 is 2.24 bits per heavy atom. The summed E-state index contributed by atoms with van der Waals surface area (Å²) in [5.74, 6) is -0.766. The molecule has 1 aromatic carbocycles. The maximum atomic E-state index is 11.5. The molecule has 1 aliphatic rings. The van der Waals surface area contributed by atoms with Gasteiger partial charge in [-0.2, -0.15) is 0 Å². The normalized spacial score (nSPS) is 17.0. The molecule has 116 valence electrons. The van der Waals surface area contributed by atoms with Crippen molar-refractivity contribution in [1.29, 1.82) is 0 Å². The molecule has 0 radical (unpaired) electrons. The molecule has 1 heterocycles. The van der Waals surface area contributed by atoms with E-state index in [0.29, 0.717) is 13.0 Å². The molecule has 3 N–H and O–H groups in total. The number of benzene rings is 1. The standard InChI is InChI=1S/C17H26N2O2/c1-3-4-8-17(2,16(20)21)19-11-13-5-6-15-12-18-9-7-14(15)10-13/h5-6,10,18-19H,3-4,7-9,11-12H2,1-2H3,(H,20,21). The van der Waals surface area contributed by atoms with Crippen LogP contribution in [0.15, 0.2) is 18.2 Å². The van der Waals surface area contributed by atoms with E-state index in [-0.39, 0.29) is 0 Å². The van der Waals surface area contributed by atoms with Crippen molar-refractivity contribution >= 4 is 5.97 Å². The quantitative estimate of drug-likeness (QED) is 0.722. The van der Waals surface area contributed by atoms with Crippen LogP contribution in [-0.4, -0.2) is 23.2 Å². The minimum Gasteiger partial charge on any atom is -0.480 e. The molecule has 0 fully saturated rings. The van der Waals surface area contributed by atoms with Crippen molar-refractivity contribution in [3.05, 3.63) is 34.9 Å². The Balaban J connectivity index is 2.02. The number of unbranched alkanes of at least 4 members (excludes halogenated alkanes) is 1. The van der Waals surface area contributed by atoms with Gasteiger partial charge in [0.2, 0.25) is 0 Å². The summed E-state index contributed by atoms with van der Waals surface area (Å²) in [4.78, 5) is 11.5. The number of carbonyl (C=O) groups is 1. The summed E-state index contributed by atoms with van der Waals surface area (Å²) in [6, 6.07) is 6.47. The molecule has 0 saturated heterocycles. The molecule has 0 spiro atoms. The first-order chi connectivity index (χ1) is 10.0. The van der Waals surface area contributed by atoms with E-state index < -0.39 is 11.5 Å². The van der Waals surface area contributed by atoms with Gasteiger partial charge < -0.3 is 10.4 Å². The van der Waals surface area contributed by atoms with Gasteiger partial charge in [0.25, 0.3) is 0 Å². The first-order valence-corrected chi connectivity index (χ1v) is 7.85. The lowest BCUT2D eigenvalue weighted by atomic mass is 9.94. The zero-order valence-corrected chi connectivity index (χ0v) is 13.0. The highest BCUT2D eigenvalue weighted by Gasteiger charge is 2.31. The van der Waals surface area contributed by atoms with E-state index in [9.17, 15) is 9.90 Å². The van der Waals surface area contributed by atoms with Crippen molar-refractivity contribution in [3.63, 3.8) is 0 Å². The molecule has 21 heavy (non-hydrogen) atoms. The second-order valence-corrected chi connectivity index (χ2v) is 6.12. The zero-order chi connectivity index (χ0) is 15.3. The fourth-order valence-electron chi connectivity index (χ4n) is 2.74. The Labute approximate surface area is 126 Å². The Hall–Kier alpha value is -1.39. The third kappa shape index (κ3) is 4.05. The molecule has 1 aliphatic heterocycles. The molecule has 2 rings (SSSR count). The predicted octanol–water partition coefficient (Wildman–Crippen LogP) is 2.46. The van der Waals surface area contributed by atoms with Gasteiger partial charge >= 0.3 is 5.97 Å². The Bertz CT molecular complexity index is 502. The molecule has 1 atom stereocenters. The van der Waals surface area contributed by atoms with E-state index in [1.165, 1.54) is 16.7 Å². The van der Waals surface area contributed by atoms with Gasteiger partial charge in [0.1, 0.15) is 5.54 Å². The number of carboxylic acids is 1. The number of hydrogen-bond acceptors (Lipinski definition) is 3. The zero-order valence-electron chi connectivity index (χ0n) is 13.0. The summed E-state index contributed by atoms with van der Waals surface area (Å²) >= 11 is 0. The van der Waals surface area contributed by atoms with Crippen LogP contribution in [0.3, 0.4) is 0 Å². The first kappa shape index (κ1) is 16.0. The average molecular weight is 290 g/mol. The van der Waals surface area contributed by atoms with Crippen molar-refractivity contribution in [2.75, 3.05) is 6.54 Å². The average Bonchev–Trinajstić information content (AvgIpc) is 2.50. The van der Waals surface area contributed by atoms with E-state index in [2.05, 4.69) is 35.8 Å². The molecule has 1 unspecified atom stereocenters. The number of rotatable bonds is 7. The van der Waals surface area contributed by atoms with Crippen LogP contribution in [-0.2, 0) is 24.3 Å². The van der Waals surface area contributed by atoms with Crippen LogP contribution >= 0.6 is 0 Å². The van der Waals surface area contributed by atoms with Gasteiger partial charge in [-0.05, 0) is 43.0 Å². The van der Waals surface area contributed by atoms with E-state index in [4.69, 9.17) is 0 Å². The van der Waals surface area contributed by atoms with Crippen LogP contribution in [0.25, 0.3) is 0 Å². The van der Waals surface area contributed by atoms with Gasteiger partial charge in [0.05, 0.1) is 0 Å². The molecule has 4 heteroatoms. The third-order valence-corrected chi connectivity index (χ3v) is 4.34. The summed E-state index contributed by atoms with van der Waals surface area (Å²) in [5, 5.41) is 16.1. The molecular formula is C17H26N2O2. The number of fused-ring (bicyclic) bond motifs is 1. The van der Waals surface area contributed by atoms with E-state index in [1.54, 1.807) is 6.92 Å². The van der Waals surface area contributed by atoms with E-state index in [1.807, 2.05) is 0 Å². The third-order valence-electron chi connectivity index (χ3n) is 4.34. The highest BCUT2D eigenvalue weighted by Crippen LogP contribution is 2.18. The lowest BCUT2D eigenvalue weighted by Gasteiger charge is -2.27. The largest absolute Gasteiger partial charge is 0.480 e. The summed E-state index contributed by atoms with van der Waals surface area (Å²) < 4.78 is 0. The SMILES string of the molecule is CCCCC(C)(NCc1ccc2c(c1)CCNC2)C(=O)O. The molecule has 0 aliphatic carbocycles. The summed E-state index contributed by atoms with van der Waals surface area (Å²) in [5.41, 5.74) is 3.07. The maximum absolute atomic E-state index is 11.5. The molecule has 0 bridgehead atoms. The van der Waals surface area contributed by atoms with Crippen molar-refractivity contribution in [3.8, 4) is 0 Å². The molecular weight excluding hydrogens is 264 g/mol. The number of aliphatic carboxylic acids is 1. The van der Waals surface area contributed by atoms with Crippen LogP contribution < -0.4 is 10.6 Å². The number of hydrogen-bond donors (Lipinski definition) is 3. The van der Waals surface area contributed by atoms with Crippen molar-refractivity contribution in [2.45, 2.75) is 58.2 Å². The lowest BCUT2D eigenvalue weighted by molar-refractivity contribution is -0.144. The highest BCUT2D eigenvalue weighted by molar-refractivity contribution is 5.78. The minimum atomic E-state index is -0.840. The Morgan fingerprint density at radius 3 is 2.95 bits per heavy atom. The van der Waals surface area contributed by atoms with Crippen LogP contribution in [0.5, 0.6) is 0 Å². The van der Waals surface area contributed by atoms with Gasteiger partial charge in [0, 0.05) is 13.1 Å². The van der Waals surface area contributed by atoms with Crippen LogP contribution in [0.4, 0.5) is 0 Å². The van der Waals surface area contributed by atoms with Crippen LogP contribution in [0.2, 0.25) is 0 Å². The topological polar surface area (TPSA) is 61.4 Å². The fourth-order valence-corrected chi connectivity index (χ4v) is 2.74. The number of nitrogens with one attached hydrogen (secondary N) is 2. The monoisotopic (exact) mass is 290 g/mol. The minimum absolute atomic E-state index is 0.604. The molecule has 0 saturated carbocycles.